The van der Waals surface area contributed by atoms with Crippen molar-refractivity contribution in [3.8, 4) is 0 Å². The summed E-state index contributed by atoms with van der Waals surface area (Å²) >= 11 is 0. The lowest BCUT2D eigenvalue weighted by Gasteiger charge is -2.26. The maximum Gasteiger partial charge on any atom is 0.254 e. The third kappa shape index (κ3) is 4.73. The number of benzene rings is 1. The molecule has 0 bridgehead atoms. The number of carbonyl (C=O) groups is 2. The summed E-state index contributed by atoms with van der Waals surface area (Å²) in [7, 11) is 0. The number of ether oxygens (including phenoxy) is 1. The largest absolute Gasteiger partial charge is 0.378 e. The lowest BCUT2D eigenvalue weighted by molar-refractivity contribution is -0.111. The van der Waals surface area contributed by atoms with Crippen molar-refractivity contribution in [2.24, 2.45) is 0 Å². The number of amides is 1. The molecule has 0 aliphatic carbocycles. The zero-order valence-corrected chi connectivity index (χ0v) is 21.2. The predicted molar refractivity (Wildman–Crippen MR) is 137 cm³/mol. The third-order valence-electron chi connectivity index (χ3n) is 6.81. The minimum absolute atomic E-state index is 0.00874. The first kappa shape index (κ1) is 24.7. The van der Waals surface area contributed by atoms with E-state index >= 15 is 0 Å². The highest BCUT2D eigenvalue weighted by Gasteiger charge is 2.24. The number of hydrogen-bond donors (Lipinski definition) is 1. The molecule has 0 radical (unpaired) electrons. The Kier molecular flexibility index (Phi) is 7.08. The number of Topliss-reactive ketones (excluding diaryl/α,β-unsaturated/α-hetero) is 1. The summed E-state index contributed by atoms with van der Waals surface area (Å²) in [5.41, 5.74) is 6.05. The fourth-order valence-electron chi connectivity index (χ4n) is 4.77. The van der Waals surface area contributed by atoms with Gasteiger partial charge in [0.15, 0.2) is 5.78 Å². The van der Waals surface area contributed by atoms with Crippen molar-refractivity contribution in [3.05, 3.63) is 64.7 Å². The van der Waals surface area contributed by atoms with Crippen LogP contribution < -0.4 is 0 Å². The van der Waals surface area contributed by atoms with E-state index in [1.54, 1.807) is 6.92 Å². The van der Waals surface area contributed by atoms with Crippen LogP contribution in [-0.4, -0.2) is 53.0 Å². The van der Waals surface area contributed by atoms with Gasteiger partial charge in [-0.25, -0.2) is 0 Å². The van der Waals surface area contributed by atoms with Gasteiger partial charge in [-0.3, -0.25) is 9.59 Å². The molecule has 1 saturated heterocycles. The van der Waals surface area contributed by atoms with Crippen LogP contribution >= 0.6 is 0 Å². The Balaban J connectivity index is 1.83. The molecular weight excluding hydrogens is 442 g/mol. The van der Waals surface area contributed by atoms with Crippen LogP contribution in [0.25, 0.3) is 22.0 Å². The Hall–Kier alpha value is -3.45. The second kappa shape index (κ2) is 10.0. The fraction of sp³-hybridized carbons (Fsp3) is 0.393. The average molecular weight is 476 g/mol. The minimum atomic E-state index is -0.0707. The van der Waals surface area contributed by atoms with Crippen LogP contribution in [0, 0.1) is 13.8 Å². The van der Waals surface area contributed by atoms with Gasteiger partial charge >= 0.3 is 0 Å². The van der Waals surface area contributed by atoms with Crippen molar-refractivity contribution < 1.29 is 18.8 Å². The molecule has 3 heterocycles. The van der Waals surface area contributed by atoms with Gasteiger partial charge in [-0.15, -0.1) is 0 Å². The number of ketones is 1. The zero-order valence-electron chi connectivity index (χ0n) is 21.2. The van der Waals surface area contributed by atoms with Gasteiger partial charge in [-0.05, 0) is 62.5 Å². The number of fused-ring (bicyclic) bond motifs is 1. The van der Waals surface area contributed by atoms with E-state index in [4.69, 9.17) is 9.26 Å². The second-order valence-corrected chi connectivity index (χ2v) is 9.23. The number of hydrogen-bond acceptors (Lipinski definition) is 5. The lowest BCUT2D eigenvalue weighted by atomic mass is 9.90. The highest BCUT2D eigenvalue weighted by molar-refractivity contribution is 6.22. The summed E-state index contributed by atoms with van der Waals surface area (Å²) in [6, 6.07) is 5.76. The van der Waals surface area contributed by atoms with E-state index in [1.807, 2.05) is 43.0 Å². The van der Waals surface area contributed by atoms with E-state index in [0.717, 1.165) is 39.8 Å². The number of rotatable bonds is 7. The molecular formula is C28H33N3O4. The van der Waals surface area contributed by atoms with Crippen LogP contribution in [0.4, 0.5) is 0 Å². The molecule has 1 unspecified atom stereocenters. The SMILES string of the molecule is C=C(C=C(C(C)=O)c1[nH]c2cc(C(=O)N3CCOCC3)ccc2c1C(C)CC)c1c(C)noc1C. The van der Waals surface area contributed by atoms with Crippen molar-refractivity contribution in [1.82, 2.24) is 15.0 Å². The van der Waals surface area contributed by atoms with E-state index in [1.165, 1.54) is 0 Å². The number of nitrogens with zero attached hydrogens (tertiary/aromatic N) is 2. The lowest BCUT2D eigenvalue weighted by Crippen LogP contribution is -2.40. The predicted octanol–water partition coefficient (Wildman–Crippen LogP) is 5.44. The molecule has 1 fully saturated rings. The normalized spacial score (nSPS) is 15.5. The summed E-state index contributed by atoms with van der Waals surface area (Å²) in [4.78, 5) is 31.3. The van der Waals surface area contributed by atoms with Gasteiger partial charge in [0.2, 0.25) is 0 Å². The Bertz CT molecular complexity index is 1300. The van der Waals surface area contributed by atoms with Crippen LogP contribution in [0.2, 0.25) is 0 Å². The first-order chi connectivity index (χ1) is 16.7. The first-order valence-electron chi connectivity index (χ1n) is 12.1. The van der Waals surface area contributed by atoms with E-state index in [9.17, 15) is 9.59 Å². The number of aromatic nitrogens is 2. The van der Waals surface area contributed by atoms with Crippen LogP contribution in [0.1, 0.15) is 71.7 Å². The van der Waals surface area contributed by atoms with Gasteiger partial charge in [-0.2, -0.15) is 0 Å². The van der Waals surface area contributed by atoms with Crippen molar-refractivity contribution in [2.75, 3.05) is 26.3 Å². The number of aromatic amines is 1. The van der Waals surface area contributed by atoms with Crippen LogP contribution in [0.5, 0.6) is 0 Å². The fourth-order valence-corrected chi connectivity index (χ4v) is 4.77. The highest BCUT2D eigenvalue weighted by atomic mass is 16.5. The number of carbonyl (C=O) groups excluding carboxylic acids is 2. The number of H-pyrrole nitrogens is 1. The van der Waals surface area contributed by atoms with Gasteiger partial charge in [0.1, 0.15) is 5.76 Å². The quantitative estimate of drug-likeness (QED) is 0.363. The Morgan fingerprint density at radius 2 is 1.97 bits per heavy atom. The molecule has 1 atom stereocenters. The molecule has 7 nitrogen and oxygen atoms in total. The molecule has 1 aromatic carbocycles. The Labute approximate surface area is 205 Å². The molecule has 4 rings (SSSR count). The van der Waals surface area contributed by atoms with E-state index in [2.05, 4.69) is 30.6 Å². The first-order valence-corrected chi connectivity index (χ1v) is 12.1. The third-order valence-corrected chi connectivity index (χ3v) is 6.81. The molecule has 2 aromatic heterocycles. The van der Waals surface area contributed by atoms with Crippen molar-refractivity contribution in [2.45, 2.75) is 47.0 Å². The highest BCUT2D eigenvalue weighted by Crippen LogP contribution is 2.37. The van der Waals surface area contributed by atoms with Crippen LogP contribution in [0.3, 0.4) is 0 Å². The van der Waals surface area contributed by atoms with Gasteiger partial charge in [-0.1, -0.05) is 31.6 Å². The molecule has 184 valence electrons. The van der Waals surface area contributed by atoms with Crippen molar-refractivity contribution >= 4 is 33.7 Å². The van der Waals surface area contributed by atoms with Crippen molar-refractivity contribution in [3.63, 3.8) is 0 Å². The summed E-state index contributed by atoms with van der Waals surface area (Å²) in [5, 5.41) is 5.04. The maximum atomic E-state index is 13.1. The summed E-state index contributed by atoms with van der Waals surface area (Å²) < 4.78 is 10.7. The van der Waals surface area contributed by atoms with E-state index in [-0.39, 0.29) is 17.6 Å². The summed E-state index contributed by atoms with van der Waals surface area (Å²) in [6.07, 6.45) is 2.72. The molecule has 0 spiro atoms. The van der Waals surface area contributed by atoms with Crippen molar-refractivity contribution in [1.29, 1.82) is 0 Å². The smallest absolute Gasteiger partial charge is 0.254 e. The number of nitrogens with one attached hydrogen (secondary N) is 1. The topological polar surface area (TPSA) is 88.4 Å². The molecule has 1 aliphatic heterocycles. The molecule has 1 N–H and O–H groups in total. The second-order valence-electron chi connectivity index (χ2n) is 9.23. The maximum absolute atomic E-state index is 13.1. The molecule has 1 amide bonds. The van der Waals surface area contributed by atoms with Crippen LogP contribution in [0.15, 0.2) is 35.4 Å². The monoisotopic (exact) mass is 475 g/mol. The molecule has 7 heteroatoms. The van der Waals surface area contributed by atoms with Gasteiger partial charge < -0.3 is 19.1 Å². The Morgan fingerprint density at radius 3 is 2.57 bits per heavy atom. The molecule has 0 saturated carbocycles. The Morgan fingerprint density at radius 1 is 1.26 bits per heavy atom. The molecule has 35 heavy (non-hydrogen) atoms. The van der Waals surface area contributed by atoms with E-state index in [0.29, 0.717) is 48.8 Å². The van der Waals surface area contributed by atoms with E-state index < -0.39 is 0 Å². The standard InChI is InChI=1S/C28H33N3O4/c1-7-16(2)26-22-9-8-21(28(33)31-10-12-34-13-11-31)15-24(22)29-27(26)23(19(5)32)14-17(3)25-18(4)30-35-20(25)6/h8-9,14-16,29H,3,7,10-13H2,1-2,4-6H3. The summed E-state index contributed by atoms with van der Waals surface area (Å²) in [5.74, 6) is 0.788. The summed E-state index contributed by atoms with van der Waals surface area (Å²) in [6.45, 7) is 16.0. The number of morpholine rings is 1. The zero-order chi connectivity index (χ0) is 25.3. The van der Waals surface area contributed by atoms with Gasteiger partial charge in [0.05, 0.1) is 24.6 Å². The average Bonchev–Trinajstić information content (AvgIpc) is 3.40. The number of allylic oxidation sites excluding steroid dienone is 3. The van der Waals surface area contributed by atoms with Gasteiger partial charge in [0.25, 0.3) is 5.91 Å². The van der Waals surface area contributed by atoms with Crippen LogP contribution in [-0.2, 0) is 9.53 Å². The number of aryl methyl sites for hydroxylation is 2. The van der Waals surface area contributed by atoms with Gasteiger partial charge in [0, 0.05) is 40.7 Å². The molecule has 1 aliphatic rings. The minimum Gasteiger partial charge on any atom is -0.378 e. The molecule has 3 aromatic rings.